The van der Waals surface area contributed by atoms with Gasteiger partial charge in [-0.05, 0) is 31.7 Å². The maximum atomic E-state index is 10.0. The van der Waals surface area contributed by atoms with Crippen molar-refractivity contribution in [3.63, 3.8) is 0 Å². The van der Waals surface area contributed by atoms with Crippen molar-refractivity contribution in [3.05, 3.63) is 22.7 Å². The molecule has 106 valence electrons. The number of nitrogens with one attached hydrogen (secondary N) is 1. The molecule has 1 saturated carbocycles. The van der Waals surface area contributed by atoms with Crippen molar-refractivity contribution in [2.45, 2.75) is 44.3 Å². The van der Waals surface area contributed by atoms with Crippen molar-refractivity contribution in [2.75, 3.05) is 7.11 Å². The number of phenols is 1. The van der Waals surface area contributed by atoms with E-state index in [0.29, 0.717) is 29.4 Å². The lowest BCUT2D eigenvalue weighted by atomic mass is 9.92. The Morgan fingerprint density at radius 1 is 1.37 bits per heavy atom. The lowest BCUT2D eigenvalue weighted by molar-refractivity contribution is 0.336. The van der Waals surface area contributed by atoms with Gasteiger partial charge in [0, 0.05) is 35.3 Å². The van der Waals surface area contributed by atoms with Gasteiger partial charge < -0.3 is 20.9 Å². The molecule has 0 aromatic heterocycles. The summed E-state index contributed by atoms with van der Waals surface area (Å²) in [6.07, 6.45) is 4.28. The van der Waals surface area contributed by atoms with E-state index in [1.54, 1.807) is 12.1 Å². The maximum Gasteiger partial charge on any atom is 0.162 e. The fourth-order valence-electron chi connectivity index (χ4n) is 2.50. The average Bonchev–Trinajstić information content (AvgIpc) is 2.41. The predicted molar refractivity (Wildman–Crippen MR) is 76.7 cm³/mol. The molecule has 0 atom stereocenters. The van der Waals surface area contributed by atoms with Crippen LogP contribution in [0.3, 0.4) is 0 Å². The second-order valence-corrected chi connectivity index (χ2v) is 5.54. The minimum atomic E-state index is 0.159. The molecule has 1 aliphatic carbocycles. The lowest BCUT2D eigenvalue weighted by Gasteiger charge is -2.27. The summed E-state index contributed by atoms with van der Waals surface area (Å²) in [6.45, 7) is 0.586. The SMILES string of the molecule is COc1cc(Cl)cc(CNC2CCC(N)CC2)c1O. The van der Waals surface area contributed by atoms with Crippen LogP contribution in [0.15, 0.2) is 12.1 Å². The van der Waals surface area contributed by atoms with Crippen molar-refractivity contribution in [3.8, 4) is 11.5 Å². The number of phenolic OH excluding ortho intramolecular Hbond substituents is 1. The summed E-state index contributed by atoms with van der Waals surface area (Å²) in [5.74, 6) is 0.571. The van der Waals surface area contributed by atoms with Gasteiger partial charge in [-0.15, -0.1) is 0 Å². The second-order valence-electron chi connectivity index (χ2n) is 5.11. The maximum absolute atomic E-state index is 10.0. The molecule has 0 bridgehead atoms. The van der Waals surface area contributed by atoms with Gasteiger partial charge in [0.25, 0.3) is 0 Å². The van der Waals surface area contributed by atoms with Crippen LogP contribution in [0.5, 0.6) is 11.5 Å². The molecule has 0 saturated heterocycles. The quantitative estimate of drug-likeness (QED) is 0.794. The number of halogens is 1. The zero-order valence-electron chi connectivity index (χ0n) is 11.2. The summed E-state index contributed by atoms with van der Waals surface area (Å²) in [7, 11) is 1.52. The highest BCUT2D eigenvalue weighted by atomic mass is 35.5. The van der Waals surface area contributed by atoms with E-state index in [9.17, 15) is 5.11 Å². The molecular formula is C14H21ClN2O2. The Morgan fingerprint density at radius 3 is 2.68 bits per heavy atom. The van der Waals surface area contributed by atoms with E-state index in [4.69, 9.17) is 22.1 Å². The Labute approximate surface area is 118 Å². The summed E-state index contributed by atoms with van der Waals surface area (Å²) in [4.78, 5) is 0. The van der Waals surface area contributed by atoms with Crippen LogP contribution >= 0.6 is 11.6 Å². The van der Waals surface area contributed by atoms with Gasteiger partial charge in [-0.1, -0.05) is 11.6 Å². The zero-order chi connectivity index (χ0) is 13.8. The van der Waals surface area contributed by atoms with Crippen LogP contribution in [0.1, 0.15) is 31.2 Å². The number of aromatic hydroxyl groups is 1. The zero-order valence-corrected chi connectivity index (χ0v) is 11.9. The van der Waals surface area contributed by atoms with E-state index in [1.807, 2.05) is 0 Å². The average molecular weight is 285 g/mol. The highest BCUT2D eigenvalue weighted by molar-refractivity contribution is 6.30. The van der Waals surface area contributed by atoms with Crippen molar-refractivity contribution in [2.24, 2.45) is 5.73 Å². The number of hydrogen-bond acceptors (Lipinski definition) is 4. The van der Waals surface area contributed by atoms with Gasteiger partial charge in [-0.25, -0.2) is 0 Å². The third-order valence-electron chi connectivity index (χ3n) is 3.69. The van der Waals surface area contributed by atoms with E-state index in [-0.39, 0.29) is 5.75 Å². The third-order valence-corrected chi connectivity index (χ3v) is 3.91. The van der Waals surface area contributed by atoms with Crippen LogP contribution in [-0.2, 0) is 6.54 Å². The summed E-state index contributed by atoms with van der Waals surface area (Å²) >= 11 is 6.01. The first kappa shape index (κ1) is 14.4. The highest BCUT2D eigenvalue weighted by Gasteiger charge is 2.18. The van der Waals surface area contributed by atoms with E-state index in [2.05, 4.69) is 5.32 Å². The van der Waals surface area contributed by atoms with Crippen LogP contribution in [0.2, 0.25) is 5.02 Å². The van der Waals surface area contributed by atoms with E-state index < -0.39 is 0 Å². The van der Waals surface area contributed by atoms with Gasteiger partial charge in [0.15, 0.2) is 11.5 Å². The summed E-state index contributed by atoms with van der Waals surface area (Å²) in [5.41, 5.74) is 6.65. The Hall–Kier alpha value is -0.970. The molecule has 1 aromatic rings. The number of benzene rings is 1. The molecule has 0 heterocycles. The topological polar surface area (TPSA) is 67.5 Å². The number of methoxy groups -OCH3 is 1. The molecule has 0 amide bonds. The van der Waals surface area contributed by atoms with Crippen molar-refractivity contribution >= 4 is 11.6 Å². The predicted octanol–water partition coefficient (Wildman–Crippen LogP) is 2.41. The monoisotopic (exact) mass is 284 g/mol. The summed E-state index contributed by atoms with van der Waals surface area (Å²) in [6, 6.07) is 4.18. The molecule has 19 heavy (non-hydrogen) atoms. The Kier molecular flexibility index (Phi) is 4.91. The summed E-state index contributed by atoms with van der Waals surface area (Å²) < 4.78 is 5.09. The Balaban J connectivity index is 1.97. The normalized spacial score (nSPS) is 23.3. The first-order chi connectivity index (χ1) is 9.10. The number of hydrogen-bond donors (Lipinski definition) is 3. The highest BCUT2D eigenvalue weighted by Crippen LogP contribution is 2.33. The lowest BCUT2D eigenvalue weighted by Crippen LogP contribution is -2.37. The molecule has 1 aromatic carbocycles. The number of nitrogens with two attached hydrogens (primary N) is 1. The molecule has 1 aliphatic rings. The molecular weight excluding hydrogens is 264 g/mol. The number of ether oxygens (including phenoxy) is 1. The van der Waals surface area contributed by atoms with Gasteiger partial charge >= 0.3 is 0 Å². The molecule has 2 rings (SSSR count). The fraction of sp³-hybridized carbons (Fsp3) is 0.571. The molecule has 4 nitrogen and oxygen atoms in total. The van der Waals surface area contributed by atoms with Crippen molar-refractivity contribution in [1.82, 2.24) is 5.32 Å². The standard InChI is InChI=1S/C14H21ClN2O2/c1-19-13-7-10(15)6-9(14(13)18)8-17-12-4-2-11(16)3-5-12/h6-7,11-12,17-18H,2-5,8,16H2,1H3. The molecule has 0 spiro atoms. The minimum Gasteiger partial charge on any atom is -0.504 e. The molecule has 0 radical (unpaired) electrons. The van der Waals surface area contributed by atoms with E-state index >= 15 is 0 Å². The molecule has 4 N–H and O–H groups in total. The van der Waals surface area contributed by atoms with Crippen molar-refractivity contribution < 1.29 is 9.84 Å². The smallest absolute Gasteiger partial charge is 0.162 e. The van der Waals surface area contributed by atoms with Crippen LogP contribution in [0.4, 0.5) is 0 Å². The Morgan fingerprint density at radius 2 is 2.05 bits per heavy atom. The molecule has 0 unspecified atom stereocenters. The van der Waals surface area contributed by atoms with Gasteiger partial charge in [0.05, 0.1) is 7.11 Å². The van der Waals surface area contributed by atoms with E-state index in [1.165, 1.54) is 7.11 Å². The number of rotatable bonds is 4. The van der Waals surface area contributed by atoms with Gasteiger partial charge in [0.1, 0.15) is 0 Å². The van der Waals surface area contributed by atoms with Crippen LogP contribution in [0.25, 0.3) is 0 Å². The largest absolute Gasteiger partial charge is 0.504 e. The van der Waals surface area contributed by atoms with Crippen molar-refractivity contribution in [1.29, 1.82) is 0 Å². The minimum absolute atomic E-state index is 0.159. The first-order valence-corrected chi connectivity index (χ1v) is 7.02. The Bertz CT molecular complexity index is 432. The second kappa shape index (κ2) is 6.46. The van der Waals surface area contributed by atoms with Gasteiger partial charge in [-0.2, -0.15) is 0 Å². The van der Waals surface area contributed by atoms with Gasteiger partial charge in [-0.3, -0.25) is 0 Å². The van der Waals surface area contributed by atoms with Crippen LogP contribution < -0.4 is 15.8 Å². The third kappa shape index (κ3) is 3.75. The van der Waals surface area contributed by atoms with Gasteiger partial charge in [0.2, 0.25) is 0 Å². The molecule has 5 heteroatoms. The van der Waals surface area contributed by atoms with Crippen LogP contribution in [-0.4, -0.2) is 24.3 Å². The molecule has 0 aliphatic heterocycles. The first-order valence-electron chi connectivity index (χ1n) is 6.64. The van der Waals surface area contributed by atoms with Crippen LogP contribution in [0, 0.1) is 0 Å². The fourth-order valence-corrected chi connectivity index (χ4v) is 2.73. The summed E-state index contributed by atoms with van der Waals surface area (Å²) in [5, 5.41) is 14.1. The molecule has 1 fully saturated rings. The van der Waals surface area contributed by atoms with E-state index in [0.717, 1.165) is 31.2 Å².